The quantitative estimate of drug-likeness (QED) is 0.653. The predicted octanol–water partition coefficient (Wildman–Crippen LogP) is 2.16. The maximum Gasteiger partial charge on any atom is 0.106 e. The summed E-state index contributed by atoms with van der Waals surface area (Å²) < 4.78 is 1.84. The number of hydrogen-bond acceptors (Lipinski definition) is 3. The van der Waals surface area contributed by atoms with Crippen LogP contribution < -0.4 is 0 Å². The Balaban J connectivity index is 2.95. The van der Waals surface area contributed by atoms with Gasteiger partial charge in [0.25, 0.3) is 0 Å². The minimum absolute atomic E-state index is 0.217. The molecule has 0 aliphatic heterocycles. The molecule has 0 N–H and O–H groups in total. The number of nitroso groups, excluding NO2 is 1. The second kappa shape index (κ2) is 4.16. The Hall–Kier alpha value is -1.19. The lowest BCUT2D eigenvalue weighted by molar-refractivity contribution is 0.244. The molecule has 0 spiro atoms. The fourth-order valence-electron chi connectivity index (χ4n) is 1.54. The second-order valence-corrected chi connectivity index (χ2v) is 3.17. The van der Waals surface area contributed by atoms with Crippen molar-refractivity contribution in [2.45, 2.75) is 32.2 Å². The van der Waals surface area contributed by atoms with E-state index in [0.29, 0.717) is 6.54 Å². The third-order valence-corrected chi connectivity index (χ3v) is 2.67. The number of aromatic nitrogens is 2. The lowest BCUT2D eigenvalue weighted by Crippen LogP contribution is -2.35. The maximum atomic E-state index is 10.3. The van der Waals surface area contributed by atoms with Crippen molar-refractivity contribution in [1.29, 1.82) is 0 Å². The van der Waals surface area contributed by atoms with Crippen LogP contribution in [0.3, 0.4) is 0 Å². The van der Waals surface area contributed by atoms with Crippen LogP contribution in [-0.4, -0.2) is 16.3 Å². The van der Waals surface area contributed by atoms with Crippen molar-refractivity contribution < 1.29 is 0 Å². The number of rotatable bonds is 5. The van der Waals surface area contributed by atoms with Gasteiger partial charge in [-0.3, -0.25) is 4.68 Å². The Kier molecular flexibility index (Phi) is 3.17. The molecule has 0 aliphatic rings. The fraction of sp³-hybridized carbons (Fsp3) is 0.667. The molecular weight excluding hydrogens is 166 g/mol. The summed E-state index contributed by atoms with van der Waals surface area (Å²) >= 11 is 0. The molecule has 0 radical (unpaired) electrons. The standard InChI is InChI=1S/C9H15N3O/c1-3-9(4-2,8-11-13)12-7-5-6-10-12/h5-7H,3-4,8H2,1-2H3. The van der Waals surface area contributed by atoms with Crippen molar-refractivity contribution in [3.8, 4) is 0 Å². The summed E-state index contributed by atoms with van der Waals surface area (Å²) in [5.74, 6) is 0. The minimum Gasteiger partial charge on any atom is -0.265 e. The van der Waals surface area contributed by atoms with Gasteiger partial charge in [-0.1, -0.05) is 19.0 Å². The van der Waals surface area contributed by atoms with Gasteiger partial charge in [0.2, 0.25) is 0 Å². The van der Waals surface area contributed by atoms with E-state index in [1.54, 1.807) is 6.20 Å². The summed E-state index contributed by atoms with van der Waals surface area (Å²) in [4.78, 5) is 10.3. The van der Waals surface area contributed by atoms with Crippen LogP contribution >= 0.6 is 0 Å². The second-order valence-electron chi connectivity index (χ2n) is 3.17. The summed E-state index contributed by atoms with van der Waals surface area (Å²) in [7, 11) is 0. The molecule has 4 heteroatoms. The fourth-order valence-corrected chi connectivity index (χ4v) is 1.54. The monoisotopic (exact) mass is 181 g/mol. The van der Waals surface area contributed by atoms with Crippen molar-refractivity contribution in [3.63, 3.8) is 0 Å². The maximum absolute atomic E-state index is 10.3. The van der Waals surface area contributed by atoms with E-state index in [-0.39, 0.29) is 5.54 Å². The molecule has 13 heavy (non-hydrogen) atoms. The summed E-state index contributed by atoms with van der Waals surface area (Å²) in [5.41, 5.74) is -0.217. The topological polar surface area (TPSA) is 47.2 Å². The largest absolute Gasteiger partial charge is 0.265 e. The SMILES string of the molecule is CCC(CC)(CN=O)n1cccn1. The Bertz CT molecular complexity index is 252. The van der Waals surface area contributed by atoms with Gasteiger partial charge in [0.1, 0.15) is 6.54 Å². The van der Waals surface area contributed by atoms with Crippen molar-refractivity contribution >= 4 is 0 Å². The molecule has 1 aromatic heterocycles. The van der Waals surface area contributed by atoms with Crippen LogP contribution in [0.1, 0.15) is 26.7 Å². The van der Waals surface area contributed by atoms with Gasteiger partial charge < -0.3 is 0 Å². The van der Waals surface area contributed by atoms with Gasteiger partial charge in [0.15, 0.2) is 0 Å². The first kappa shape index (κ1) is 9.89. The van der Waals surface area contributed by atoms with Crippen LogP contribution in [0.4, 0.5) is 0 Å². The van der Waals surface area contributed by atoms with E-state index in [9.17, 15) is 4.91 Å². The van der Waals surface area contributed by atoms with Gasteiger partial charge in [0, 0.05) is 12.4 Å². The Labute approximate surface area is 77.9 Å². The van der Waals surface area contributed by atoms with E-state index in [0.717, 1.165) is 12.8 Å². The normalized spacial score (nSPS) is 11.5. The van der Waals surface area contributed by atoms with E-state index in [1.165, 1.54) is 0 Å². The van der Waals surface area contributed by atoms with Crippen LogP contribution in [0.5, 0.6) is 0 Å². The summed E-state index contributed by atoms with van der Waals surface area (Å²) in [6.07, 6.45) is 5.36. The first-order valence-electron chi connectivity index (χ1n) is 4.58. The van der Waals surface area contributed by atoms with Crippen molar-refractivity contribution in [2.24, 2.45) is 5.18 Å². The van der Waals surface area contributed by atoms with Crippen LogP contribution in [0.25, 0.3) is 0 Å². The summed E-state index contributed by atoms with van der Waals surface area (Å²) in [6.45, 7) is 4.40. The van der Waals surface area contributed by atoms with Crippen LogP contribution in [0.15, 0.2) is 23.6 Å². The molecule has 0 fully saturated rings. The molecule has 0 unspecified atom stereocenters. The van der Waals surface area contributed by atoms with Crippen molar-refractivity contribution in [2.75, 3.05) is 6.54 Å². The Morgan fingerprint density at radius 3 is 2.54 bits per heavy atom. The molecule has 1 heterocycles. The predicted molar refractivity (Wildman–Crippen MR) is 51.4 cm³/mol. The summed E-state index contributed by atoms with van der Waals surface area (Å²) in [5, 5.41) is 7.16. The lowest BCUT2D eigenvalue weighted by atomic mass is 9.93. The minimum atomic E-state index is -0.217. The smallest absolute Gasteiger partial charge is 0.106 e. The molecule has 0 amide bonds. The van der Waals surface area contributed by atoms with E-state index >= 15 is 0 Å². The zero-order valence-corrected chi connectivity index (χ0v) is 8.10. The molecule has 0 saturated carbocycles. The van der Waals surface area contributed by atoms with E-state index < -0.39 is 0 Å². The van der Waals surface area contributed by atoms with Gasteiger partial charge in [-0.05, 0) is 18.9 Å². The third-order valence-electron chi connectivity index (χ3n) is 2.67. The molecule has 0 aromatic carbocycles. The highest BCUT2D eigenvalue weighted by Crippen LogP contribution is 2.24. The highest BCUT2D eigenvalue weighted by atomic mass is 16.3. The molecule has 0 bridgehead atoms. The number of hydrogen-bond donors (Lipinski definition) is 0. The van der Waals surface area contributed by atoms with Gasteiger partial charge in [-0.25, -0.2) is 0 Å². The highest BCUT2D eigenvalue weighted by Gasteiger charge is 2.28. The first-order valence-corrected chi connectivity index (χ1v) is 4.58. The molecule has 0 saturated heterocycles. The molecule has 0 atom stereocenters. The zero-order valence-electron chi connectivity index (χ0n) is 8.10. The molecule has 72 valence electrons. The zero-order chi connectivity index (χ0) is 9.73. The van der Waals surface area contributed by atoms with E-state index in [2.05, 4.69) is 24.1 Å². The van der Waals surface area contributed by atoms with Crippen LogP contribution in [0.2, 0.25) is 0 Å². The van der Waals surface area contributed by atoms with Crippen LogP contribution in [0, 0.1) is 4.91 Å². The van der Waals surface area contributed by atoms with Crippen molar-refractivity contribution in [3.05, 3.63) is 23.4 Å². The third kappa shape index (κ3) is 1.76. The average Bonchev–Trinajstić information content (AvgIpc) is 2.68. The number of nitrogens with zero attached hydrogens (tertiary/aromatic N) is 3. The molecule has 1 aromatic rings. The molecule has 0 aliphatic carbocycles. The molecular formula is C9H15N3O. The Morgan fingerprint density at radius 1 is 1.46 bits per heavy atom. The van der Waals surface area contributed by atoms with Gasteiger partial charge in [-0.2, -0.15) is 10.0 Å². The molecule has 1 rings (SSSR count). The molecule has 4 nitrogen and oxygen atoms in total. The van der Waals surface area contributed by atoms with Crippen LogP contribution in [-0.2, 0) is 5.54 Å². The van der Waals surface area contributed by atoms with E-state index in [1.807, 2.05) is 16.9 Å². The first-order chi connectivity index (χ1) is 6.29. The van der Waals surface area contributed by atoms with Crippen molar-refractivity contribution in [1.82, 2.24) is 9.78 Å². The summed E-state index contributed by atoms with van der Waals surface area (Å²) in [6, 6.07) is 1.87. The Morgan fingerprint density at radius 2 is 2.15 bits per heavy atom. The highest BCUT2D eigenvalue weighted by molar-refractivity contribution is 4.90. The van der Waals surface area contributed by atoms with Gasteiger partial charge in [0.05, 0.1) is 5.54 Å². The van der Waals surface area contributed by atoms with E-state index in [4.69, 9.17) is 0 Å². The average molecular weight is 181 g/mol. The van der Waals surface area contributed by atoms with Gasteiger partial charge >= 0.3 is 0 Å². The van der Waals surface area contributed by atoms with Gasteiger partial charge in [-0.15, -0.1) is 0 Å². The lowest BCUT2D eigenvalue weighted by Gasteiger charge is -2.29.